The molecule has 0 aromatic heterocycles. The van der Waals surface area contributed by atoms with Crippen LogP contribution >= 0.6 is 50.3 Å². The zero-order valence-electron chi connectivity index (χ0n) is 15.3. The van der Waals surface area contributed by atoms with Crippen molar-refractivity contribution in [2.45, 2.75) is 4.90 Å². The van der Waals surface area contributed by atoms with Gasteiger partial charge in [-0.15, -0.1) is 11.8 Å². The third kappa shape index (κ3) is 6.62. The van der Waals surface area contributed by atoms with Crippen LogP contribution in [0.4, 0.5) is 0 Å². The van der Waals surface area contributed by atoms with Crippen LogP contribution < -0.4 is 4.74 Å². The summed E-state index contributed by atoms with van der Waals surface area (Å²) >= 11 is 7.39. The molecule has 3 aromatic carbocycles. The van der Waals surface area contributed by atoms with E-state index in [4.69, 9.17) is 9.84 Å². The molecular weight excluding hydrogens is 563 g/mol. The zero-order chi connectivity index (χ0) is 20.6. The molecule has 0 spiro atoms. The van der Waals surface area contributed by atoms with E-state index in [2.05, 4.69) is 81.0 Å². The van der Waals surface area contributed by atoms with Gasteiger partial charge in [0.05, 0.1) is 3.57 Å². The highest BCUT2D eigenvalue weighted by Gasteiger charge is 2.07. The van der Waals surface area contributed by atoms with Gasteiger partial charge in [-0.3, -0.25) is 0 Å². The van der Waals surface area contributed by atoms with Crippen LogP contribution in [-0.4, -0.2) is 23.4 Å². The van der Waals surface area contributed by atoms with E-state index in [0.29, 0.717) is 5.75 Å². The third-order valence-corrected chi connectivity index (χ3v) is 6.32. The first-order valence-corrected chi connectivity index (χ1v) is 11.7. The van der Waals surface area contributed by atoms with E-state index in [-0.39, 0.29) is 6.61 Å². The van der Waals surface area contributed by atoms with Crippen molar-refractivity contribution in [3.63, 3.8) is 0 Å². The Morgan fingerprint density at radius 3 is 2.38 bits per heavy atom. The summed E-state index contributed by atoms with van der Waals surface area (Å²) < 4.78 is 7.24. The second kappa shape index (κ2) is 10.8. The molecule has 3 nitrogen and oxygen atoms in total. The van der Waals surface area contributed by atoms with Gasteiger partial charge in [0.15, 0.2) is 6.61 Å². The first-order valence-electron chi connectivity index (χ1n) is 8.81. The second-order valence-electron chi connectivity index (χ2n) is 6.08. The first-order chi connectivity index (χ1) is 14.0. The quantitative estimate of drug-likeness (QED) is 0.237. The highest BCUT2D eigenvalue weighted by atomic mass is 127. The molecule has 3 rings (SSSR count). The van der Waals surface area contributed by atoms with Crippen molar-refractivity contribution in [3.05, 3.63) is 98.0 Å². The van der Waals surface area contributed by atoms with Gasteiger partial charge in [0, 0.05) is 15.1 Å². The fourth-order valence-corrected chi connectivity index (χ4v) is 4.65. The van der Waals surface area contributed by atoms with E-state index < -0.39 is 5.97 Å². The van der Waals surface area contributed by atoms with Crippen LogP contribution in [0.1, 0.15) is 11.1 Å². The number of halogens is 2. The number of hydrogen-bond acceptors (Lipinski definition) is 3. The van der Waals surface area contributed by atoms with E-state index in [1.54, 1.807) is 11.8 Å². The van der Waals surface area contributed by atoms with E-state index in [1.807, 2.05) is 36.4 Å². The van der Waals surface area contributed by atoms with Crippen molar-refractivity contribution in [3.8, 4) is 5.75 Å². The Kier molecular flexibility index (Phi) is 8.20. The van der Waals surface area contributed by atoms with Gasteiger partial charge >= 0.3 is 5.97 Å². The van der Waals surface area contributed by atoms with Crippen molar-refractivity contribution in [2.24, 2.45) is 0 Å². The maximum atomic E-state index is 10.7. The molecule has 148 valence electrons. The Morgan fingerprint density at radius 2 is 1.72 bits per heavy atom. The average Bonchev–Trinajstić information content (AvgIpc) is 2.72. The molecule has 0 atom stereocenters. The summed E-state index contributed by atoms with van der Waals surface area (Å²) in [6.45, 7) is -0.334. The van der Waals surface area contributed by atoms with Gasteiger partial charge in [0.25, 0.3) is 0 Å². The fourth-order valence-electron chi connectivity index (χ4n) is 2.70. The summed E-state index contributed by atoms with van der Waals surface area (Å²) in [6, 6.07) is 24.5. The van der Waals surface area contributed by atoms with Crippen LogP contribution in [0.3, 0.4) is 0 Å². The minimum absolute atomic E-state index is 0.334. The minimum Gasteiger partial charge on any atom is -0.481 e. The number of hydrogen-bond donors (Lipinski definition) is 1. The normalized spacial score (nSPS) is 11.3. The number of carbonyl (C=O) groups is 1. The Bertz CT molecular complexity index is 1000. The largest absolute Gasteiger partial charge is 0.481 e. The molecule has 0 heterocycles. The van der Waals surface area contributed by atoms with Crippen LogP contribution in [0.2, 0.25) is 0 Å². The molecule has 0 saturated carbocycles. The van der Waals surface area contributed by atoms with Crippen LogP contribution in [0.15, 0.2) is 88.2 Å². The molecule has 0 saturated heterocycles. The SMILES string of the molecule is O=C(O)COc1ccc(SC/C=C(/c2ccccc2)c2ccc(Br)cc2)cc1I. The van der Waals surface area contributed by atoms with Crippen LogP contribution in [0.5, 0.6) is 5.75 Å². The van der Waals surface area contributed by atoms with Crippen molar-refractivity contribution >= 4 is 61.8 Å². The number of ether oxygens (including phenoxy) is 1. The molecule has 0 aliphatic rings. The molecular formula is C23H18BrIO3S. The Morgan fingerprint density at radius 1 is 1.03 bits per heavy atom. The molecule has 29 heavy (non-hydrogen) atoms. The molecule has 0 amide bonds. The summed E-state index contributed by atoms with van der Waals surface area (Å²) in [7, 11) is 0. The summed E-state index contributed by atoms with van der Waals surface area (Å²) in [5.74, 6) is 0.421. The Hall–Kier alpha value is -1.77. The number of aliphatic carboxylic acids is 1. The fraction of sp³-hybridized carbons (Fsp3) is 0.0870. The van der Waals surface area contributed by atoms with Gasteiger partial charge < -0.3 is 9.84 Å². The maximum Gasteiger partial charge on any atom is 0.341 e. The molecule has 6 heteroatoms. The minimum atomic E-state index is -0.981. The van der Waals surface area contributed by atoms with Gasteiger partial charge in [-0.25, -0.2) is 4.79 Å². The highest BCUT2D eigenvalue weighted by molar-refractivity contribution is 14.1. The summed E-state index contributed by atoms with van der Waals surface area (Å²) in [6.07, 6.45) is 2.24. The predicted octanol–water partition coefficient (Wildman–Crippen LogP) is 6.74. The maximum absolute atomic E-state index is 10.7. The van der Waals surface area contributed by atoms with E-state index in [9.17, 15) is 4.79 Å². The van der Waals surface area contributed by atoms with E-state index in [0.717, 1.165) is 18.7 Å². The number of rotatable bonds is 8. The summed E-state index contributed by atoms with van der Waals surface area (Å²) in [4.78, 5) is 11.8. The van der Waals surface area contributed by atoms with E-state index >= 15 is 0 Å². The zero-order valence-corrected chi connectivity index (χ0v) is 19.9. The number of benzene rings is 3. The standard InChI is InChI=1S/C23H18BrIO3S/c24-18-8-6-17(7-9-18)20(16-4-2-1-3-5-16)12-13-29-19-10-11-22(21(25)14-19)28-15-23(26)27/h1-12,14H,13,15H2,(H,26,27)/b20-12-. The van der Waals surface area contributed by atoms with Crippen molar-refractivity contribution < 1.29 is 14.6 Å². The third-order valence-electron chi connectivity index (χ3n) is 4.03. The molecule has 0 unspecified atom stereocenters. The predicted molar refractivity (Wildman–Crippen MR) is 131 cm³/mol. The van der Waals surface area contributed by atoms with Crippen LogP contribution in [0.25, 0.3) is 5.57 Å². The lowest BCUT2D eigenvalue weighted by Crippen LogP contribution is -2.10. The van der Waals surface area contributed by atoms with Crippen molar-refractivity contribution in [2.75, 3.05) is 12.4 Å². The van der Waals surface area contributed by atoms with Gasteiger partial charge in [-0.05, 0) is 69.6 Å². The van der Waals surface area contributed by atoms with Crippen LogP contribution in [0, 0.1) is 3.57 Å². The lowest BCUT2D eigenvalue weighted by atomic mass is 9.98. The number of carboxylic acid groups (broad SMARTS) is 1. The smallest absolute Gasteiger partial charge is 0.341 e. The van der Waals surface area contributed by atoms with Gasteiger partial charge in [-0.2, -0.15) is 0 Å². The lowest BCUT2D eigenvalue weighted by Gasteiger charge is -2.10. The van der Waals surface area contributed by atoms with Gasteiger partial charge in [-0.1, -0.05) is 64.5 Å². The molecule has 0 aliphatic carbocycles. The number of thioether (sulfide) groups is 1. The van der Waals surface area contributed by atoms with E-state index in [1.165, 1.54) is 16.7 Å². The van der Waals surface area contributed by atoms with Crippen molar-refractivity contribution in [1.29, 1.82) is 0 Å². The topological polar surface area (TPSA) is 46.5 Å². The monoisotopic (exact) mass is 580 g/mol. The van der Waals surface area contributed by atoms with Crippen LogP contribution in [-0.2, 0) is 4.79 Å². The molecule has 0 fully saturated rings. The second-order valence-corrected chi connectivity index (χ2v) is 9.25. The number of carboxylic acids is 1. The average molecular weight is 581 g/mol. The van der Waals surface area contributed by atoms with Gasteiger partial charge in [0.2, 0.25) is 0 Å². The molecule has 0 radical (unpaired) electrons. The highest BCUT2D eigenvalue weighted by Crippen LogP contribution is 2.30. The Balaban J connectivity index is 1.75. The summed E-state index contributed by atoms with van der Waals surface area (Å²) in [5.41, 5.74) is 3.55. The molecule has 0 bridgehead atoms. The Labute approximate surface area is 196 Å². The lowest BCUT2D eigenvalue weighted by molar-refractivity contribution is -0.139. The molecule has 3 aromatic rings. The van der Waals surface area contributed by atoms with Gasteiger partial charge in [0.1, 0.15) is 5.75 Å². The molecule has 0 aliphatic heterocycles. The summed E-state index contributed by atoms with van der Waals surface area (Å²) in [5, 5.41) is 8.75. The van der Waals surface area contributed by atoms with Crippen molar-refractivity contribution in [1.82, 2.24) is 0 Å². The molecule has 1 N–H and O–H groups in total. The first kappa shape index (κ1) is 21.9.